The van der Waals surface area contributed by atoms with Gasteiger partial charge in [-0.05, 0) is 51.1 Å². The van der Waals surface area contributed by atoms with E-state index in [1.54, 1.807) is 32.4 Å². The van der Waals surface area contributed by atoms with Crippen LogP contribution >= 0.6 is 0 Å². The van der Waals surface area contributed by atoms with Crippen molar-refractivity contribution in [2.24, 2.45) is 4.99 Å². The van der Waals surface area contributed by atoms with Crippen molar-refractivity contribution in [3.05, 3.63) is 47.4 Å². The molecule has 148 valence electrons. The Morgan fingerprint density at radius 3 is 2.59 bits per heavy atom. The predicted octanol–water partition coefficient (Wildman–Crippen LogP) is 2.95. The van der Waals surface area contributed by atoms with E-state index in [1.807, 2.05) is 32.9 Å². The molecule has 0 aliphatic carbocycles. The lowest BCUT2D eigenvalue weighted by Gasteiger charge is -2.18. The lowest BCUT2D eigenvalue weighted by Crippen LogP contribution is -2.39. The number of benzene rings is 1. The molecule has 0 spiro atoms. The van der Waals surface area contributed by atoms with Crippen molar-refractivity contribution in [1.29, 1.82) is 0 Å². The van der Waals surface area contributed by atoms with Crippen LogP contribution in [0.2, 0.25) is 0 Å². The van der Waals surface area contributed by atoms with Crippen LogP contribution in [0.15, 0.2) is 39.7 Å². The van der Waals surface area contributed by atoms with Gasteiger partial charge in [0.15, 0.2) is 5.96 Å². The molecule has 1 aromatic carbocycles. The van der Waals surface area contributed by atoms with E-state index in [-0.39, 0.29) is 12.6 Å². The van der Waals surface area contributed by atoms with Crippen LogP contribution in [0.3, 0.4) is 0 Å². The van der Waals surface area contributed by atoms with Gasteiger partial charge in [0.05, 0.1) is 26.8 Å². The number of hydrogen-bond acceptors (Lipinski definition) is 5. The highest BCUT2D eigenvalue weighted by Gasteiger charge is 2.16. The molecule has 27 heavy (non-hydrogen) atoms. The van der Waals surface area contributed by atoms with Crippen LogP contribution < -0.4 is 20.1 Å². The first-order valence-corrected chi connectivity index (χ1v) is 8.99. The van der Waals surface area contributed by atoms with E-state index in [1.165, 1.54) is 0 Å². The molecule has 0 bridgehead atoms. The Morgan fingerprint density at radius 1 is 1.22 bits per heavy atom. The molecule has 2 rings (SSSR count). The topological polar surface area (TPSA) is 88.3 Å². The maximum atomic E-state index is 10.6. The van der Waals surface area contributed by atoms with Crippen molar-refractivity contribution in [1.82, 2.24) is 10.6 Å². The van der Waals surface area contributed by atoms with Gasteiger partial charge in [-0.1, -0.05) is 0 Å². The average Bonchev–Trinajstić information content (AvgIpc) is 3.12. The molecule has 2 atom stereocenters. The van der Waals surface area contributed by atoms with Gasteiger partial charge in [-0.25, -0.2) is 0 Å². The summed E-state index contributed by atoms with van der Waals surface area (Å²) < 4.78 is 16.2. The molecular weight excluding hydrogens is 346 g/mol. The molecule has 7 heteroatoms. The fourth-order valence-corrected chi connectivity index (χ4v) is 2.66. The standard InChI is InChI=1S/C20H29N3O4/c1-6-21-20(23-14(3)18-9-7-13(2)27-18)22-12-17(24)16-11-15(25-4)8-10-19(16)26-5/h7-11,14,17,24H,6,12H2,1-5H3,(H2,21,22,23). The first-order chi connectivity index (χ1) is 13.0. The molecule has 0 radical (unpaired) electrons. The Bertz CT molecular complexity index is 757. The summed E-state index contributed by atoms with van der Waals surface area (Å²) in [6.45, 7) is 6.76. The third-order valence-corrected chi connectivity index (χ3v) is 4.10. The predicted molar refractivity (Wildman–Crippen MR) is 105 cm³/mol. The zero-order chi connectivity index (χ0) is 19.8. The van der Waals surface area contributed by atoms with E-state index >= 15 is 0 Å². The highest BCUT2D eigenvalue weighted by atomic mass is 16.5. The van der Waals surface area contributed by atoms with Gasteiger partial charge in [0.25, 0.3) is 0 Å². The van der Waals surface area contributed by atoms with Gasteiger partial charge in [0, 0.05) is 12.1 Å². The van der Waals surface area contributed by atoms with Crippen molar-refractivity contribution in [3.8, 4) is 11.5 Å². The van der Waals surface area contributed by atoms with E-state index in [0.29, 0.717) is 29.6 Å². The number of methoxy groups -OCH3 is 2. The Morgan fingerprint density at radius 2 is 2.00 bits per heavy atom. The van der Waals surface area contributed by atoms with Crippen LogP contribution in [0.4, 0.5) is 0 Å². The van der Waals surface area contributed by atoms with Gasteiger partial charge in [-0.3, -0.25) is 4.99 Å². The summed E-state index contributed by atoms with van der Waals surface area (Å²) in [5.41, 5.74) is 0.631. The molecule has 2 unspecified atom stereocenters. The second-order valence-electron chi connectivity index (χ2n) is 6.16. The Labute approximate surface area is 160 Å². The minimum Gasteiger partial charge on any atom is -0.497 e. The van der Waals surface area contributed by atoms with Gasteiger partial charge in [0.1, 0.15) is 29.1 Å². The summed E-state index contributed by atoms with van der Waals surface area (Å²) in [7, 11) is 3.15. The summed E-state index contributed by atoms with van der Waals surface area (Å²) in [6, 6.07) is 9.12. The van der Waals surface area contributed by atoms with Crippen LogP contribution in [0.25, 0.3) is 0 Å². The molecular formula is C20H29N3O4. The van der Waals surface area contributed by atoms with E-state index in [2.05, 4.69) is 15.6 Å². The van der Waals surface area contributed by atoms with Crippen LogP contribution in [-0.4, -0.2) is 38.4 Å². The van der Waals surface area contributed by atoms with Crippen molar-refractivity contribution in [2.45, 2.75) is 32.9 Å². The molecule has 0 fully saturated rings. The van der Waals surface area contributed by atoms with Crippen LogP contribution in [0.5, 0.6) is 11.5 Å². The molecule has 1 aromatic heterocycles. The Hall–Kier alpha value is -2.67. The van der Waals surface area contributed by atoms with Crippen molar-refractivity contribution in [3.63, 3.8) is 0 Å². The second kappa shape index (κ2) is 9.87. The van der Waals surface area contributed by atoms with Crippen molar-refractivity contribution in [2.75, 3.05) is 27.3 Å². The van der Waals surface area contributed by atoms with Gasteiger partial charge in [0.2, 0.25) is 0 Å². The van der Waals surface area contributed by atoms with Crippen LogP contribution in [0.1, 0.15) is 43.1 Å². The third kappa shape index (κ3) is 5.65. The monoisotopic (exact) mass is 375 g/mol. The number of aryl methyl sites for hydroxylation is 1. The fraction of sp³-hybridized carbons (Fsp3) is 0.450. The van der Waals surface area contributed by atoms with Gasteiger partial charge in [-0.2, -0.15) is 0 Å². The van der Waals surface area contributed by atoms with Gasteiger partial charge < -0.3 is 29.6 Å². The quantitative estimate of drug-likeness (QED) is 0.486. The lowest BCUT2D eigenvalue weighted by molar-refractivity contribution is 0.182. The highest BCUT2D eigenvalue weighted by molar-refractivity contribution is 5.80. The number of hydrogen-bond donors (Lipinski definition) is 3. The van der Waals surface area contributed by atoms with Crippen LogP contribution in [0, 0.1) is 6.92 Å². The Balaban J connectivity index is 2.11. The summed E-state index contributed by atoms with van der Waals surface area (Å²) in [4.78, 5) is 4.50. The molecule has 0 saturated carbocycles. The SMILES string of the molecule is CCNC(=NCC(O)c1cc(OC)ccc1OC)NC(C)c1ccc(C)o1. The molecule has 1 heterocycles. The molecule has 2 aromatic rings. The summed E-state index contributed by atoms with van der Waals surface area (Å²) in [5.74, 6) is 3.53. The number of aliphatic hydroxyl groups excluding tert-OH is 1. The highest BCUT2D eigenvalue weighted by Crippen LogP contribution is 2.29. The number of nitrogens with one attached hydrogen (secondary N) is 2. The largest absolute Gasteiger partial charge is 0.497 e. The first-order valence-electron chi connectivity index (χ1n) is 8.99. The van der Waals surface area contributed by atoms with Crippen LogP contribution in [-0.2, 0) is 0 Å². The third-order valence-electron chi connectivity index (χ3n) is 4.10. The van der Waals surface area contributed by atoms with E-state index < -0.39 is 6.10 Å². The Kier molecular flexibility index (Phi) is 7.55. The second-order valence-corrected chi connectivity index (χ2v) is 6.16. The minimum absolute atomic E-state index is 0.0556. The average molecular weight is 375 g/mol. The number of furan rings is 1. The van der Waals surface area contributed by atoms with E-state index in [9.17, 15) is 5.11 Å². The van der Waals surface area contributed by atoms with E-state index in [0.717, 1.165) is 11.5 Å². The smallest absolute Gasteiger partial charge is 0.191 e. The normalized spacial score (nSPS) is 13.8. The maximum absolute atomic E-state index is 10.6. The molecule has 3 N–H and O–H groups in total. The van der Waals surface area contributed by atoms with E-state index in [4.69, 9.17) is 13.9 Å². The number of rotatable bonds is 8. The molecule has 0 aliphatic heterocycles. The minimum atomic E-state index is -0.827. The number of guanidine groups is 1. The van der Waals surface area contributed by atoms with Crippen molar-refractivity contribution >= 4 is 5.96 Å². The van der Waals surface area contributed by atoms with Gasteiger partial charge in [-0.15, -0.1) is 0 Å². The summed E-state index contributed by atoms with van der Waals surface area (Å²) in [5, 5.41) is 17.1. The van der Waals surface area contributed by atoms with Crippen molar-refractivity contribution < 1.29 is 19.0 Å². The molecule has 7 nitrogen and oxygen atoms in total. The molecule has 0 saturated heterocycles. The molecule has 0 amide bonds. The zero-order valence-electron chi connectivity index (χ0n) is 16.6. The number of ether oxygens (including phenoxy) is 2. The maximum Gasteiger partial charge on any atom is 0.191 e. The van der Waals surface area contributed by atoms with Gasteiger partial charge >= 0.3 is 0 Å². The summed E-state index contributed by atoms with van der Waals surface area (Å²) >= 11 is 0. The number of aliphatic hydroxyl groups is 1. The zero-order valence-corrected chi connectivity index (χ0v) is 16.6. The fourth-order valence-electron chi connectivity index (χ4n) is 2.66. The lowest BCUT2D eigenvalue weighted by atomic mass is 10.1. The first kappa shape index (κ1) is 20.6. The number of aliphatic imine (C=N–C) groups is 1. The summed E-state index contributed by atoms with van der Waals surface area (Å²) in [6.07, 6.45) is -0.827. The number of nitrogens with zero attached hydrogens (tertiary/aromatic N) is 1. The molecule has 0 aliphatic rings.